The molecular formula is C16H28N2. The van der Waals surface area contributed by atoms with Gasteiger partial charge in [0, 0.05) is 19.1 Å². The van der Waals surface area contributed by atoms with Crippen LogP contribution in [0.1, 0.15) is 44.7 Å². The molecule has 1 unspecified atom stereocenters. The lowest BCUT2D eigenvalue weighted by atomic mass is 10.1. The van der Waals surface area contributed by atoms with Crippen LogP contribution in [0.15, 0.2) is 24.3 Å². The van der Waals surface area contributed by atoms with Gasteiger partial charge in [-0.25, -0.2) is 0 Å². The van der Waals surface area contributed by atoms with Crippen molar-refractivity contribution in [1.82, 2.24) is 10.2 Å². The Balaban J connectivity index is 2.44. The minimum atomic E-state index is 0.649. The summed E-state index contributed by atoms with van der Waals surface area (Å²) in [6, 6.07) is 9.63. The van der Waals surface area contributed by atoms with Crippen LogP contribution >= 0.6 is 0 Å². The van der Waals surface area contributed by atoms with Crippen LogP contribution in [0.3, 0.4) is 0 Å². The Morgan fingerprint density at radius 1 is 1.11 bits per heavy atom. The van der Waals surface area contributed by atoms with E-state index < -0.39 is 0 Å². The topological polar surface area (TPSA) is 15.3 Å². The second-order valence-corrected chi connectivity index (χ2v) is 5.17. The highest BCUT2D eigenvalue weighted by molar-refractivity contribution is 5.22. The lowest BCUT2D eigenvalue weighted by Crippen LogP contribution is -2.27. The predicted molar refractivity (Wildman–Crippen MR) is 79.7 cm³/mol. The fourth-order valence-corrected chi connectivity index (χ4v) is 1.93. The Kier molecular flexibility index (Phi) is 6.99. The van der Waals surface area contributed by atoms with Crippen molar-refractivity contribution in [2.75, 3.05) is 13.6 Å². The van der Waals surface area contributed by atoms with Gasteiger partial charge >= 0.3 is 0 Å². The maximum atomic E-state index is 3.43. The average molecular weight is 248 g/mol. The SMILES string of the molecule is CCCNCc1ccc(CN(C)C(C)CC)cc1. The molecule has 1 rings (SSSR count). The minimum absolute atomic E-state index is 0.649. The van der Waals surface area contributed by atoms with Gasteiger partial charge in [-0.3, -0.25) is 4.90 Å². The Hall–Kier alpha value is -0.860. The third kappa shape index (κ3) is 5.19. The highest BCUT2D eigenvalue weighted by Gasteiger charge is 2.06. The summed E-state index contributed by atoms with van der Waals surface area (Å²) >= 11 is 0. The van der Waals surface area contributed by atoms with Crippen LogP contribution < -0.4 is 5.32 Å². The van der Waals surface area contributed by atoms with Gasteiger partial charge < -0.3 is 5.32 Å². The van der Waals surface area contributed by atoms with Crippen LogP contribution in [0.2, 0.25) is 0 Å². The summed E-state index contributed by atoms with van der Waals surface area (Å²) in [5.41, 5.74) is 2.77. The molecule has 1 aromatic carbocycles. The lowest BCUT2D eigenvalue weighted by Gasteiger charge is -2.23. The molecule has 102 valence electrons. The summed E-state index contributed by atoms with van der Waals surface area (Å²) < 4.78 is 0. The zero-order chi connectivity index (χ0) is 13.4. The van der Waals surface area contributed by atoms with Crippen molar-refractivity contribution in [2.24, 2.45) is 0 Å². The summed E-state index contributed by atoms with van der Waals surface area (Å²) in [4.78, 5) is 2.41. The first-order valence-corrected chi connectivity index (χ1v) is 7.16. The molecule has 1 atom stereocenters. The zero-order valence-electron chi connectivity index (χ0n) is 12.4. The second kappa shape index (κ2) is 8.28. The van der Waals surface area contributed by atoms with Gasteiger partial charge in [-0.2, -0.15) is 0 Å². The lowest BCUT2D eigenvalue weighted by molar-refractivity contribution is 0.244. The summed E-state index contributed by atoms with van der Waals surface area (Å²) in [6.45, 7) is 9.83. The predicted octanol–water partition coefficient (Wildman–Crippen LogP) is 3.42. The molecule has 0 spiro atoms. The maximum absolute atomic E-state index is 3.43. The number of hydrogen-bond donors (Lipinski definition) is 1. The van der Waals surface area contributed by atoms with Gasteiger partial charge in [0.15, 0.2) is 0 Å². The molecule has 0 saturated heterocycles. The Labute approximate surface area is 112 Å². The largest absolute Gasteiger partial charge is 0.313 e. The van der Waals surface area contributed by atoms with E-state index in [1.807, 2.05) is 0 Å². The first-order valence-electron chi connectivity index (χ1n) is 7.16. The van der Waals surface area contributed by atoms with E-state index in [0.717, 1.165) is 19.6 Å². The quantitative estimate of drug-likeness (QED) is 0.709. The van der Waals surface area contributed by atoms with Crippen LogP contribution in [-0.4, -0.2) is 24.5 Å². The standard InChI is InChI=1S/C16H28N2/c1-5-11-17-12-15-7-9-16(10-8-15)13-18(4)14(3)6-2/h7-10,14,17H,5-6,11-13H2,1-4H3. The van der Waals surface area contributed by atoms with Crippen LogP contribution in [0, 0.1) is 0 Å². The van der Waals surface area contributed by atoms with Gasteiger partial charge in [-0.1, -0.05) is 38.1 Å². The fourth-order valence-electron chi connectivity index (χ4n) is 1.93. The molecule has 0 saturated carbocycles. The average Bonchev–Trinajstić information content (AvgIpc) is 2.40. The third-order valence-electron chi connectivity index (χ3n) is 3.55. The molecule has 1 N–H and O–H groups in total. The molecule has 0 aliphatic rings. The molecule has 0 radical (unpaired) electrons. The normalized spacial score (nSPS) is 12.9. The molecular weight excluding hydrogens is 220 g/mol. The number of rotatable bonds is 8. The van der Waals surface area contributed by atoms with E-state index >= 15 is 0 Å². The van der Waals surface area contributed by atoms with E-state index in [1.165, 1.54) is 24.0 Å². The van der Waals surface area contributed by atoms with Gasteiger partial charge in [0.1, 0.15) is 0 Å². The van der Waals surface area contributed by atoms with Crippen LogP contribution in [-0.2, 0) is 13.1 Å². The molecule has 0 amide bonds. The Morgan fingerprint density at radius 2 is 1.72 bits per heavy atom. The number of nitrogens with zero attached hydrogens (tertiary/aromatic N) is 1. The Morgan fingerprint density at radius 3 is 2.28 bits per heavy atom. The smallest absolute Gasteiger partial charge is 0.0233 e. The monoisotopic (exact) mass is 248 g/mol. The summed E-state index contributed by atoms with van der Waals surface area (Å²) in [5, 5.41) is 3.43. The molecule has 18 heavy (non-hydrogen) atoms. The molecule has 0 aromatic heterocycles. The van der Waals surface area contributed by atoms with E-state index in [2.05, 4.69) is 62.3 Å². The van der Waals surface area contributed by atoms with Gasteiger partial charge in [-0.15, -0.1) is 0 Å². The molecule has 0 aliphatic heterocycles. The van der Waals surface area contributed by atoms with Gasteiger partial charge in [0.05, 0.1) is 0 Å². The zero-order valence-corrected chi connectivity index (χ0v) is 12.4. The van der Waals surface area contributed by atoms with Crippen molar-refractivity contribution in [1.29, 1.82) is 0 Å². The molecule has 0 fully saturated rings. The fraction of sp³-hybridized carbons (Fsp3) is 0.625. The molecule has 2 heteroatoms. The molecule has 0 bridgehead atoms. The number of benzene rings is 1. The highest BCUT2D eigenvalue weighted by Crippen LogP contribution is 2.10. The van der Waals surface area contributed by atoms with E-state index in [-0.39, 0.29) is 0 Å². The Bertz CT molecular complexity index is 318. The summed E-state index contributed by atoms with van der Waals surface area (Å²) in [6.07, 6.45) is 2.40. The maximum Gasteiger partial charge on any atom is 0.0233 e. The van der Waals surface area contributed by atoms with Crippen molar-refractivity contribution in [2.45, 2.75) is 52.7 Å². The summed E-state index contributed by atoms with van der Waals surface area (Å²) in [7, 11) is 2.20. The van der Waals surface area contributed by atoms with E-state index in [0.29, 0.717) is 6.04 Å². The van der Waals surface area contributed by atoms with E-state index in [9.17, 15) is 0 Å². The van der Waals surface area contributed by atoms with Gasteiger partial charge in [-0.05, 0) is 44.5 Å². The number of hydrogen-bond acceptors (Lipinski definition) is 2. The molecule has 1 aromatic rings. The first-order chi connectivity index (χ1) is 8.67. The van der Waals surface area contributed by atoms with Crippen LogP contribution in [0.4, 0.5) is 0 Å². The van der Waals surface area contributed by atoms with E-state index in [1.54, 1.807) is 0 Å². The van der Waals surface area contributed by atoms with Crippen molar-refractivity contribution in [3.8, 4) is 0 Å². The molecule has 2 nitrogen and oxygen atoms in total. The van der Waals surface area contributed by atoms with Crippen molar-refractivity contribution < 1.29 is 0 Å². The van der Waals surface area contributed by atoms with Crippen molar-refractivity contribution >= 4 is 0 Å². The van der Waals surface area contributed by atoms with Crippen molar-refractivity contribution in [3.63, 3.8) is 0 Å². The summed E-state index contributed by atoms with van der Waals surface area (Å²) in [5.74, 6) is 0. The molecule has 0 heterocycles. The van der Waals surface area contributed by atoms with E-state index in [4.69, 9.17) is 0 Å². The number of nitrogens with one attached hydrogen (secondary N) is 1. The van der Waals surface area contributed by atoms with Gasteiger partial charge in [0.2, 0.25) is 0 Å². The first kappa shape index (κ1) is 15.2. The van der Waals surface area contributed by atoms with Crippen LogP contribution in [0.5, 0.6) is 0 Å². The van der Waals surface area contributed by atoms with Crippen LogP contribution in [0.25, 0.3) is 0 Å². The minimum Gasteiger partial charge on any atom is -0.313 e. The molecule has 0 aliphatic carbocycles. The third-order valence-corrected chi connectivity index (χ3v) is 3.55. The highest BCUT2D eigenvalue weighted by atomic mass is 15.1. The van der Waals surface area contributed by atoms with Crippen molar-refractivity contribution in [3.05, 3.63) is 35.4 Å². The van der Waals surface area contributed by atoms with Gasteiger partial charge in [0.25, 0.3) is 0 Å². The second-order valence-electron chi connectivity index (χ2n) is 5.17.